The Labute approximate surface area is 61.2 Å². The Balaban J connectivity index is 2.71. The average molecular weight is 142 g/mol. The van der Waals surface area contributed by atoms with Gasteiger partial charge in [0.15, 0.2) is 0 Å². The first-order valence-electron chi connectivity index (χ1n) is 3.77. The van der Waals surface area contributed by atoms with E-state index in [0.29, 0.717) is 12.8 Å². The molecule has 0 spiro atoms. The molecule has 0 aliphatic heterocycles. The molecule has 0 amide bonds. The zero-order chi connectivity index (χ0) is 7.61. The number of hydrogen-bond donors (Lipinski definition) is 2. The van der Waals surface area contributed by atoms with Crippen LogP contribution in [-0.4, -0.2) is 21.9 Å². The summed E-state index contributed by atoms with van der Waals surface area (Å²) < 4.78 is 0. The predicted molar refractivity (Wildman–Crippen MR) is 39.6 cm³/mol. The maximum atomic E-state index is 9.61. The van der Waals surface area contributed by atoms with E-state index >= 15 is 0 Å². The van der Waals surface area contributed by atoms with E-state index in [0.717, 1.165) is 6.42 Å². The molecule has 0 aromatic rings. The fourth-order valence-corrected chi connectivity index (χ4v) is 1.26. The second-order valence-corrected chi connectivity index (χ2v) is 2.84. The molecule has 0 saturated carbocycles. The van der Waals surface area contributed by atoms with Crippen LogP contribution in [-0.2, 0) is 0 Å². The van der Waals surface area contributed by atoms with Gasteiger partial charge in [0.05, 0.1) is 6.10 Å². The topological polar surface area (TPSA) is 40.5 Å². The van der Waals surface area contributed by atoms with Gasteiger partial charge < -0.3 is 10.2 Å². The SMILES string of the molecule is CC[C@@]1(O)C=CCCC1O. The van der Waals surface area contributed by atoms with Crippen LogP contribution in [0.15, 0.2) is 12.2 Å². The molecule has 0 aromatic carbocycles. The van der Waals surface area contributed by atoms with Crippen molar-refractivity contribution in [3.63, 3.8) is 0 Å². The van der Waals surface area contributed by atoms with Crippen LogP contribution >= 0.6 is 0 Å². The van der Waals surface area contributed by atoms with E-state index in [1.165, 1.54) is 0 Å². The van der Waals surface area contributed by atoms with Gasteiger partial charge in [-0.1, -0.05) is 19.1 Å². The van der Waals surface area contributed by atoms with Crippen LogP contribution in [0.2, 0.25) is 0 Å². The zero-order valence-corrected chi connectivity index (χ0v) is 6.25. The Bertz CT molecular complexity index is 142. The maximum absolute atomic E-state index is 9.61. The number of rotatable bonds is 1. The molecule has 1 aliphatic rings. The van der Waals surface area contributed by atoms with Crippen LogP contribution in [0.4, 0.5) is 0 Å². The lowest BCUT2D eigenvalue weighted by Gasteiger charge is -2.31. The van der Waals surface area contributed by atoms with Gasteiger partial charge in [-0.3, -0.25) is 0 Å². The zero-order valence-electron chi connectivity index (χ0n) is 6.25. The molecular formula is C8H14O2. The highest BCUT2D eigenvalue weighted by Gasteiger charge is 2.32. The van der Waals surface area contributed by atoms with E-state index in [-0.39, 0.29) is 0 Å². The van der Waals surface area contributed by atoms with Crippen molar-refractivity contribution in [2.75, 3.05) is 0 Å². The lowest BCUT2D eigenvalue weighted by Crippen LogP contribution is -2.41. The quantitative estimate of drug-likeness (QED) is 0.532. The largest absolute Gasteiger partial charge is 0.390 e. The molecule has 58 valence electrons. The first-order valence-corrected chi connectivity index (χ1v) is 3.77. The van der Waals surface area contributed by atoms with Crippen molar-refractivity contribution in [2.24, 2.45) is 0 Å². The third-order valence-corrected chi connectivity index (χ3v) is 2.16. The Morgan fingerprint density at radius 2 is 2.40 bits per heavy atom. The van der Waals surface area contributed by atoms with Crippen LogP contribution in [0.3, 0.4) is 0 Å². The Morgan fingerprint density at radius 3 is 2.80 bits per heavy atom. The van der Waals surface area contributed by atoms with Crippen LogP contribution in [0.5, 0.6) is 0 Å². The molecule has 1 unspecified atom stereocenters. The number of hydrogen-bond acceptors (Lipinski definition) is 2. The smallest absolute Gasteiger partial charge is 0.108 e. The van der Waals surface area contributed by atoms with Crippen molar-refractivity contribution in [3.05, 3.63) is 12.2 Å². The highest BCUT2D eigenvalue weighted by atomic mass is 16.3. The summed E-state index contributed by atoms with van der Waals surface area (Å²) in [6.45, 7) is 1.87. The summed E-state index contributed by atoms with van der Waals surface area (Å²) in [6, 6.07) is 0. The third kappa shape index (κ3) is 1.22. The van der Waals surface area contributed by atoms with Gasteiger partial charge in [-0.2, -0.15) is 0 Å². The Morgan fingerprint density at radius 1 is 1.70 bits per heavy atom. The highest BCUT2D eigenvalue weighted by molar-refractivity contribution is 5.08. The van der Waals surface area contributed by atoms with Gasteiger partial charge in [-0.25, -0.2) is 0 Å². The van der Waals surface area contributed by atoms with E-state index < -0.39 is 11.7 Å². The summed E-state index contributed by atoms with van der Waals surface area (Å²) in [7, 11) is 0. The summed E-state index contributed by atoms with van der Waals surface area (Å²) in [5.74, 6) is 0. The summed E-state index contributed by atoms with van der Waals surface area (Å²) in [5, 5.41) is 18.9. The van der Waals surface area contributed by atoms with Crippen LogP contribution in [0.25, 0.3) is 0 Å². The first kappa shape index (κ1) is 7.76. The van der Waals surface area contributed by atoms with Gasteiger partial charge >= 0.3 is 0 Å². The molecule has 0 fully saturated rings. The molecular weight excluding hydrogens is 128 g/mol. The Kier molecular flexibility index (Phi) is 2.11. The van der Waals surface area contributed by atoms with Gasteiger partial charge in [-0.15, -0.1) is 0 Å². The van der Waals surface area contributed by atoms with E-state index in [2.05, 4.69) is 0 Å². The summed E-state index contributed by atoms with van der Waals surface area (Å²) in [6.07, 6.45) is 5.22. The minimum absolute atomic E-state index is 0.567. The molecule has 10 heavy (non-hydrogen) atoms. The molecule has 0 aromatic heterocycles. The lowest BCUT2D eigenvalue weighted by atomic mass is 9.86. The van der Waals surface area contributed by atoms with E-state index in [4.69, 9.17) is 0 Å². The van der Waals surface area contributed by atoms with Gasteiger partial charge in [0, 0.05) is 0 Å². The van der Waals surface area contributed by atoms with Crippen molar-refractivity contribution in [2.45, 2.75) is 37.9 Å². The van der Waals surface area contributed by atoms with Crippen LogP contribution in [0, 0.1) is 0 Å². The molecule has 2 heteroatoms. The maximum Gasteiger partial charge on any atom is 0.108 e. The fraction of sp³-hybridized carbons (Fsp3) is 0.750. The minimum Gasteiger partial charge on any atom is -0.390 e. The van der Waals surface area contributed by atoms with E-state index in [9.17, 15) is 10.2 Å². The fourth-order valence-electron chi connectivity index (χ4n) is 1.26. The Hall–Kier alpha value is -0.340. The molecule has 2 N–H and O–H groups in total. The monoisotopic (exact) mass is 142 g/mol. The van der Waals surface area contributed by atoms with Gasteiger partial charge in [0.25, 0.3) is 0 Å². The van der Waals surface area contributed by atoms with Crippen molar-refractivity contribution in [1.29, 1.82) is 0 Å². The second-order valence-electron chi connectivity index (χ2n) is 2.84. The van der Waals surface area contributed by atoms with Crippen LogP contribution < -0.4 is 0 Å². The minimum atomic E-state index is -0.946. The first-order chi connectivity index (χ1) is 4.69. The summed E-state index contributed by atoms with van der Waals surface area (Å²) >= 11 is 0. The van der Waals surface area contributed by atoms with Crippen molar-refractivity contribution < 1.29 is 10.2 Å². The van der Waals surface area contributed by atoms with E-state index in [1.54, 1.807) is 6.08 Å². The normalized spacial score (nSPS) is 40.1. The molecule has 2 nitrogen and oxygen atoms in total. The predicted octanol–water partition coefficient (Wildman–Crippen LogP) is 0.838. The standard InChI is InChI=1S/C8H14O2/c1-2-8(10)6-4-3-5-7(8)9/h4,6-7,9-10H,2-3,5H2,1H3/t7?,8-/m1/s1. The molecule has 0 heterocycles. The van der Waals surface area contributed by atoms with Crippen molar-refractivity contribution >= 4 is 0 Å². The van der Waals surface area contributed by atoms with Crippen molar-refractivity contribution in [3.8, 4) is 0 Å². The number of aliphatic hydroxyl groups is 2. The molecule has 0 radical (unpaired) electrons. The van der Waals surface area contributed by atoms with E-state index in [1.807, 2.05) is 13.0 Å². The van der Waals surface area contributed by atoms with Crippen LogP contribution in [0.1, 0.15) is 26.2 Å². The number of aliphatic hydroxyl groups excluding tert-OH is 1. The molecule has 0 saturated heterocycles. The van der Waals surface area contributed by atoms with Crippen molar-refractivity contribution in [1.82, 2.24) is 0 Å². The third-order valence-electron chi connectivity index (χ3n) is 2.16. The molecule has 1 rings (SSSR count). The summed E-state index contributed by atoms with van der Waals surface area (Å²) in [5.41, 5.74) is -0.946. The van der Waals surface area contributed by atoms with Gasteiger partial charge in [0.2, 0.25) is 0 Å². The molecule has 0 bridgehead atoms. The number of allylic oxidation sites excluding steroid dienone is 1. The lowest BCUT2D eigenvalue weighted by molar-refractivity contribution is -0.0494. The molecule has 2 atom stereocenters. The second kappa shape index (κ2) is 2.72. The van der Waals surface area contributed by atoms with Gasteiger partial charge in [0.1, 0.15) is 5.60 Å². The average Bonchev–Trinajstić information content (AvgIpc) is 1.96. The molecule has 1 aliphatic carbocycles. The van der Waals surface area contributed by atoms with Gasteiger partial charge in [-0.05, 0) is 19.3 Å². The highest BCUT2D eigenvalue weighted by Crippen LogP contribution is 2.25. The summed E-state index contributed by atoms with van der Waals surface area (Å²) in [4.78, 5) is 0.